The van der Waals surface area contributed by atoms with Crippen molar-refractivity contribution < 1.29 is 4.74 Å². The molecule has 6 heteroatoms. The Bertz CT molecular complexity index is 1010. The van der Waals surface area contributed by atoms with Crippen LogP contribution in [0.15, 0.2) is 57.8 Å². The normalized spacial score (nSPS) is 15.2. The summed E-state index contributed by atoms with van der Waals surface area (Å²) in [7, 11) is 5.70. The first-order valence-corrected chi connectivity index (χ1v) is 10.5. The topological polar surface area (TPSA) is 37.2 Å². The lowest BCUT2D eigenvalue weighted by atomic mass is 9.98. The maximum Gasteiger partial charge on any atom is 0.124 e. The third-order valence-corrected chi connectivity index (χ3v) is 5.75. The highest BCUT2D eigenvalue weighted by atomic mass is 35.5. The van der Waals surface area contributed by atoms with Crippen molar-refractivity contribution in [2.24, 2.45) is 9.98 Å². The minimum Gasteiger partial charge on any atom is -0.496 e. The number of benzene rings is 2. The number of halogens is 1. The van der Waals surface area contributed by atoms with Crippen LogP contribution in [0.5, 0.6) is 5.75 Å². The molecule has 0 saturated carbocycles. The van der Waals surface area contributed by atoms with Gasteiger partial charge < -0.3 is 9.64 Å². The molecule has 0 aliphatic carbocycles. The molecular formula is C22H24ClN3OS. The van der Waals surface area contributed by atoms with Gasteiger partial charge in [0.05, 0.1) is 18.5 Å². The van der Waals surface area contributed by atoms with Gasteiger partial charge in [-0.25, -0.2) is 9.98 Å². The molecule has 0 atom stereocenters. The minimum atomic E-state index is 0.662. The first kappa shape index (κ1) is 20.5. The van der Waals surface area contributed by atoms with Crippen LogP contribution in [0.1, 0.15) is 23.6 Å². The number of nitrogens with zero attached hydrogens (tertiary/aromatic N) is 3. The van der Waals surface area contributed by atoms with Gasteiger partial charge in [0.1, 0.15) is 16.5 Å². The Balaban J connectivity index is 2.41. The fourth-order valence-electron chi connectivity index (χ4n) is 3.01. The minimum absolute atomic E-state index is 0.662. The van der Waals surface area contributed by atoms with Crippen molar-refractivity contribution in [2.75, 3.05) is 27.5 Å². The second kappa shape index (κ2) is 8.41. The van der Waals surface area contributed by atoms with Crippen LogP contribution in [0.3, 0.4) is 0 Å². The summed E-state index contributed by atoms with van der Waals surface area (Å²) in [5.74, 6) is 0.804. The third kappa shape index (κ3) is 3.82. The van der Waals surface area contributed by atoms with Crippen LogP contribution in [0, 0.1) is 6.92 Å². The summed E-state index contributed by atoms with van der Waals surface area (Å²) < 4.78 is 5.54. The molecule has 3 rings (SSSR count). The molecule has 0 saturated heterocycles. The van der Waals surface area contributed by atoms with E-state index in [4.69, 9.17) is 26.3 Å². The SMILES string of the molecule is COc1cc2c(cc1C)C(c1ccccc1Cl)=NC(=C(C)N(C)C)C(SC)=N2. The fraction of sp³-hybridized carbons (Fsp3) is 0.273. The number of hydrogen-bond acceptors (Lipinski definition) is 5. The number of ether oxygens (including phenoxy) is 1. The van der Waals surface area contributed by atoms with Crippen LogP contribution in [0.2, 0.25) is 5.02 Å². The van der Waals surface area contributed by atoms with E-state index >= 15 is 0 Å². The van der Waals surface area contributed by atoms with E-state index in [0.29, 0.717) is 5.02 Å². The van der Waals surface area contributed by atoms with Gasteiger partial charge in [0.15, 0.2) is 0 Å². The van der Waals surface area contributed by atoms with E-state index in [0.717, 1.165) is 50.3 Å². The second-order valence-corrected chi connectivity index (χ2v) is 7.93. The summed E-state index contributed by atoms with van der Waals surface area (Å²) in [6.07, 6.45) is 2.02. The lowest BCUT2D eigenvalue weighted by molar-refractivity contribution is 0.412. The van der Waals surface area contributed by atoms with Crippen molar-refractivity contribution >= 4 is 39.8 Å². The molecule has 0 bridgehead atoms. The molecule has 1 heterocycles. The molecule has 1 aliphatic rings. The van der Waals surface area contributed by atoms with Crippen molar-refractivity contribution in [3.8, 4) is 5.75 Å². The van der Waals surface area contributed by atoms with E-state index in [2.05, 4.69) is 17.9 Å². The summed E-state index contributed by atoms with van der Waals surface area (Å²) in [5.41, 5.74) is 6.38. The molecule has 0 N–H and O–H groups in total. The average molecular weight is 414 g/mol. The molecule has 0 spiro atoms. The number of rotatable bonds is 3. The second-order valence-electron chi connectivity index (χ2n) is 6.73. The van der Waals surface area contributed by atoms with Gasteiger partial charge in [0.2, 0.25) is 0 Å². The van der Waals surface area contributed by atoms with E-state index in [-0.39, 0.29) is 0 Å². The van der Waals surface area contributed by atoms with Crippen LogP contribution in [0.4, 0.5) is 5.69 Å². The largest absolute Gasteiger partial charge is 0.496 e. The van der Waals surface area contributed by atoms with Gasteiger partial charge in [0.25, 0.3) is 0 Å². The van der Waals surface area contributed by atoms with Gasteiger partial charge in [-0.15, -0.1) is 11.8 Å². The molecule has 28 heavy (non-hydrogen) atoms. The van der Waals surface area contributed by atoms with E-state index in [1.165, 1.54) is 0 Å². The van der Waals surface area contributed by atoms with Crippen LogP contribution < -0.4 is 4.74 Å². The van der Waals surface area contributed by atoms with Crippen LogP contribution in [0.25, 0.3) is 0 Å². The zero-order valence-corrected chi connectivity index (χ0v) is 18.6. The van der Waals surface area contributed by atoms with Gasteiger partial charge in [-0.05, 0) is 37.8 Å². The van der Waals surface area contributed by atoms with E-state index in [9.17, 15) is 0 Å². The quantitative estimate of drug-likeness (QED) is 0.648. The molecule has 0 aromatic heterocycles. The van der Waals surface area contributed by atoms with Gasteiger partial charge in [-0.3, -0.25) is 0 Å². The molecule has 0 unspecified atom stereocenters. The van der Waals surface area contributed by atoms with Crippen LogP contribution in [-0.4, -0.2) is 43.1 Å². The molecule has 146 valence electrons. The Hall–Kier alpha value is -2.24. The zero-order valence-electron chi connectivity index (χ0n) is 17.0. The zero-order chi connectivity index (χ0) is 20.4. The van der Waals surface area contributed by atoms with E-state index < -0.39 is 0 Å². The fourth-order valence-corrected chi connectivity index (χ4v) is 3.81. The molecule has 2 aromatic carbocycles. The number of hydrogen-bond donors (Lipinski definition) is 0. The summed E-state index contributed by atoms with van der Waals surface area (Å²) in [6, 6.07) is 11.8. The van der Waals surface area contributed by atoms with Crippen molar-refractivity contribution in [2.45, 2.75) is 13.8 Å². The number of allylic oxidation sites excluding steroid dienone is 1. The summed E-state index contributed by atoms with van der Waals surface area (Å²) >= 11 is 8.14. The first-order chi connectivity index (χ1) is 13.4. The highest BCUT2D eigenvalue weighted by Gasteiger charge is 2.23. The smallest absolute Gasteiger partial charge is 0.124 e. The molecule has 1 aliphatic heterocycles. The first-order valence-electron chi connectivity index (χ1n) is 8.91. The number of aryl methyl sites for hydroxylation is 1. The average Bonchev–Trinajstić information content (AvgIpc) is 2.83. The molecule has 4 nitrogen and oxygen atoms in total. The van der Waals surface area contributed by atoms with Gasteiger partial charge in [0, 0.05) is 42.0 Å². The Morgan fingerprint density at radius 2 is 1.82 bits per heavy atom. The molecule has 0 radical (unpaired) electrons. The lowest BCUT2D eigenvalue weighted by Gasteiger charge is -2.17. The Morgan fingerprint density at radius 1 is 1.11 bits per heavy atom. The predicted molar refractivity (Wildman–Crippen MR) is 122 cm³/mol. The highest BCUT2D eigenvalue weighted by Crippen LogP contribution is 2.37. The maximum absolute atomic E-state index is 6.56. The van der Waals surface area contributed by atoms with Crippen LogP contribution in [-0.2, 0) is 0 Å². The van der Waals surface area contributed by atoms with E-state index in [1.54, 1.807) is 18.9 Å². The Kier molecular flexibility index (Phi) is 6.16. The van der Waals surface area contributed by atoms with Crippen molar-refractivity contribution in [1.29, 1.82) is 0 Å². The van der Waals surface area contributed by atoms with Crippen molar-refractivity contribution in [3.63, 3.8) is 0 Å². The van der Waals surface area contributed by atoms with Gasteiger partial charge in [-0.2, -0.15) is 0 Å². The standard InChI is InChI=1S/C22H24ClN3OS/c1-13-11-16-18(12-19(13)27-5)24-22(28-6)20(14(2)26(3)4)25-21(16)15-9-7-8-10-17(15)23/h7-12H,1-6H3. The lowest BCUT2D eigenvalue weighted by Crippen LogP contribution is -2.14. The Labute approximate surface area is 176 Å². The van der Waals surface area contributed by atoms with Crippen molar-refractivity contribution in [1.82, 2.24) is 4.90 Å². The number of aliphatic imine (C=N–C) groups is 2. The van der Waals surface area contributed by atoms with Crippen LogP contribution >= 0.6 is 23.4 Å². The summed E-state index contributed by atoms with van der Waals surface area (Å²) in [5, 5.41) is 1.52. The maximum atomic E-state index is 6.56. The van der Waals surface area contributed by atoms with Gasteiger partial charge >= 0.3 is 0 Å². The molecular weight excluding hydrogens is 390 g/mol. The van der Waals surface area contributed by atoms with Crippen molar-refractivity contribution in [3.05, 3.63) is 69.5 Å². The number of thioether (sulfide) groups is 1. The molecule has 0 amide bonds. The molecule has 2 aromatic rings. The summed E-state index contributed by atoms with van der Waals surface area (Å²) in [4.78, 5) is 12.1. The number of methoxy groups -OCH3 is 1. The highest BCUT2D eigenvalue weighted by molar-refractivity contribution is 8.13. The van der Waals surface area contributed by atoms with E-state index in [1.807, 2.05) is 57.6 Å². The third-order valence-electron chi connectivity index (χ3n) is 4.75. The Morgan fingerprint density at radius 3 is 2.43 bits per heavy atom. The number of fused-ring (bicyclic) bond motifs is 1. The monoisotopic (exact) mass is 413 g/mol. The van der Waals surface area contributed by atoms with Gasteiger partial charge in [-0.1, -0.05) is 29.8 Å². The summed E-state index contributed by atoms with van der Waals surface area (Å²) in [6.45, 7) is 4.08. The molecule has 0 fully saturated rings. The predicted octanol–water partition coefficient (Wildman–Crippen LogP) is 5.69.